The van der Waals surface area contributed by atoms with Gasteiger partial charge in [0.15, 0.2) is 0 Å². The number of likely N-dealkylation sites (N-methyl/N-ethyl adjacent to an activating group) is 1. The third-order valence-electron chi connectivity index (χ3n) is 2.40. The van der Waals surface area contributed by atoms with Gasteiger partial charge in [-0.25, -0.2) is 0 Å². The highest BCUT2D eigenvalue weighted by Gasteiger charge is 2.18. The molecule has 1 saturated heterocycles. The van der Waals surface area contributed by atoms with E-state index in [4.69, 9.17) is 0 Å². The zero-order valence-electron chi connectivity index (χ0n) is 10.1. The van der Waals surface area contributed by atoms with Gasteiger partial charge in [0, 0.05) is 17.2 Å². The Balaban J connectivity index is 0.00000162. The third kappa shape index (κ3) is 4.39. The summed E-state index contributed by atoms with van der Waals surface area (Å²) in [5.41, 5.74) is 2.18. The van der Waals surface area contributed by atoms with Gasteiger partial charge in [-0.15, -0.1) is 35.9 Å². The van der Waals surface area contributed by atoms with Crippen LogP contribution < -0.4 is 10.6 Å². The van der Waals surface area contributed by atoms with Crippen LogP contribution >= 0.6 is 35.9 Å². The van der Waals surface area contributed by atoms with Crippen molar-refractivity contribution in [1.29, 1.82) is 0 Å². The Kier molecular flexibility index (Phi) is 6.92. The van der Waals surface area contributed by atoms with Gasteiger partial charge in [0.1, 0.15) is 0 Å². The molecule has 1 aliphatic rings. The molecule has 0 bridgehead atoms. The van der Waals surface area contributed by atoms with Crippen LogP contribution in [0.3, 0.4) is 0 Å². The quantitative estimate of drug-likeness (QED) is 0.897. The van der Waals surface area contributed by atoms with Crippen LogP contribution in [0.15, 0.2) is 24.3 Å². The number of hydrogen-bond donors (Lipinski definition) is 2. The second-order valence-electron chi connectivity index (χ2n) is 3.78. The number of hydrogen-bond acceptors (Lipinski definition) is 4. The topological polar surface area (TPSA) is 41.1 Å². The van der Waals surface area contributed by atoms with E-state index in [-0.39, 0.29) is 18.3 Å². The predicted octanol–water partition coefficient (Wildman–Crippen LogP) is 2.74. The molecule has 0 unspecified atom stereocenters. The number of anilines is 1. The molecule has 18 heavy (non-hydrogen) atoms. The van der Waals surface area contributed by atoms with Crippen molar-refractivity contribution in [3.8, 4) is 0 Å². The lowest BCUT2D eigenvalue weighted by molar-refractivity contribution is -0.115. The van der Waals surface area contributed by atoms with E-state index in [1.54, 1.807) is 7.05 Å². The fraction of sp³-hybridized carbons (Fsp3) is 0.417. The van der Waals surface area contributed by atoms with Gasteiger partial charge in [0.25, 0.3) is 0 Å². The average Bonchev–Trinajstić information content (AvgIpc) is 2.83. The predicted molar refractivity (Wildman–Crippen MR) is 83.9 cm³/mol. The van der Waals surface area contributed by atoms with Crippen molar-refractivity contribution < 1.29 is 4.79 Å². The van der Waals surface area contributed by atoms with Crippen LogP contribution in [-0.2, 0) is 4.79 Å². The van der Waals surface area contributed by atoms with Gasteiger partial charge in [-0.3, -0.25) is 4.79 Å². The van der Waals surface area contributed by atoms with Crippen molar-refractivity contribution >= 4 is 47.5 Å². The van der Waals surface area contributed by atoms with Gasteiger partial charge in [0.05, 0.1) is 11.1 Å². The molecule has 100 valence electrons. The summed E-state index contributed by atoms with van der Waals surface area (Å²) in [4.78, 5) is 11.5. The maximum Gasteiger partial charge on any atom is 0.238 e. The zero-order chi connectivity index (χ0) is 12.1. The standard InChI is InChI=1S/C12H16N2OS2.ClH/c1-13-8-11(15)14-10-4-2-3-9(7-10)12-16-5-6-17-12;/h2-4,7,12-13H,5-6,8H2,1H3,(H,14,15);1H. The van der Waals surface area contributed by atoms with Crippen LogP contribution in [0, 0.1) is 0 Å². The molecular weight excluding hydrogens is 288 g/mol. The number of nitrogens with one attached hydrogen (secondary N) is 2. The molecule has 6 heteroatoms. The summed E-state index contributed by atoms with van der Waals surface area (Å²) < 4.78 is 0.524. The number of halogens is 1. The first kappa shape index (κ1) is 15.7. The lowest BCUT2D eigenvalue weighted by atomic mass is 10.2. The summed E-state index contributed by atoms with van der Waals surface area (Å²) in [6.45, 7) is 0.344. The number of amides is 1. The normalized spacial score (nSPS) is 15.2. The van der Waals surface area contributed by atoms with Crippen LogP contribution in [0.5, 0.6) is 0 Å². The molecule has 1 amide bonds. The van der Waals surface area contributed by atoms with Crippen molar-refractivity contribution in [2.24, 2.45) is 0 Å². The lowest BCUT2D eigenvalue weighted by Gasteiger charge is -2.11. The maximum atomic E-state index is 11.5. The first-order chi connectivity index (χ1) is 8.29. The van der Waals surface area contributed by atoms with Crippen molar-refractivity contribution in [3.63, 3.8) is 0 Å². The highest BCUT2D eigenvalue weighted by molar-refractivity contribution is 8.19. The summed E-state index contributed by atoms with van der Waals surface area (Å²) in [5.74, 6) is 2.42. The Morgan fingerprint density at radius 3 is 2.78 bits per heavy atom. The second-order valence-corrected chi connectivity index (χ2v) is 6.50. The Labute approximate surface area is 122 Å². The summed E-state index contributed by atoms with van der Waals surface area (Å²) >= 11 is 3.94. The molecule has 1 aromatic carbocycles. The zero-order valence-corrected chi connectivity index (χ0v) is 12.6. The number of thioether (sulfide) groups is 2. The highest BCUT2D eigenvalue weighted by atomic mass is 35.5. The van der Waals surface area contributed by atoms with E-state index in [9.17, 15) is 4.79 Å². The van der Waals surface area contributed by atoms with Crippen LogP contribution in [0.2, 0.25) is 0 Å². The molecule has 1 aromatic rings. The number of rotatable bonds is 4. The van der Waals surface area contributed by atoms with Gasteiger partial charge in [-0.05, 0) is 24.7 Å². The third-order valence-corrected chi connectivity index (χ3v) is 5.51. The molecule has 0 radical (unpaired) electrons. The van der Waals surface area contributed by atoms with Crippen molar-refractivity contribution in [1.82, 2.24) is 5.32 Å². The Hall–Kier alpha value is -0.360. The maximum absolute atomic E-state index is 11.5. The Morgan fingerprint density at radius 2 is 2.11 bits per heavy atom. The smallest absolute Gasteiger partial charge is 0.238 e. The molecule has 0 atom stereocenters. The van der Waals surface area contributed by atoms with Crippen LogP contribution in [0.25, 0.3) is 0 Å². The van der Waals surface area contributed by atoms with Crippen molar-refractivity contribution in [3.05, 3.63) is 29.8 Å². The second kappa shape index (κ2) is 7.94. The van der Waals surface area contributed by atoms with Gasteiger partial charge in [-0.2, -0.15) is 0 Å². The molecule has 2 N–H and O–H groups in total. The summed E-state index contributed by atoms with van der Waals surface area (Å²) in [7, 11) is 1.77. The monoisotopic (exact) mass is 304 g/mol. The molecule has 0 aromatic heterocycles. The molecule has 3 nitrogen and oxygen atoms in total. The summed E-state index contributed by atoms with van der Waals surface area (Å²) in [6, 6.07) is 8.14. The van der Waals surface area contributed by atoms with Crippen molar-refractivity contribution in [2.75, 3.05) is 30.4 Å². The van der Waals surface area contributed by atoms with E-state index in [2.05, 4.69) is 22.8 Å². The number of benzene rings is 1. The summed E-state index contributed by atoms with van der Waals surface area (Å²) in [5, 5.41) is 5.72. The van der Waals surface area contributed by atoms with E-state index in [1.807, 2.05) is 35.7 Å². The van der Waals surface area contributed by atoms with Gasteiger partial charge in [-0.1, -0.05) is 12.1 Å². The van der Waals surface area contributed by atoms with E-state index in [1.165, 1.54) is 17.1 Å². The Bertz CT molecular complexity index is 397. The molecule has 0 spiro atoms. The largest absolute Gasteiger partial charge is 0.325 e. The molecule has 0 saturated carbocycles. The first-order valence-corrected chi connectivity index (χ1v) is 7.67. The van der Waals surface area contributed by atoms with E-state index in [0.29, 0.717) is 11.1 Å². The molecule has 1 fully saturated rings. The SMILES string of the molecule is CNCC(=O)Nc1cccc(C2SCCS2)c1.Cl. The van der Waals surface area contributed by atoms with E-state index >= 15 is 0 Å². The number of carbonyl (C=O) groups is 1. The Morgan fingerprint density at radius 1 is 1.39 bits per heavy atom. The minimum Gasteiger partial charge on any atom is -0.325 e. The highest BCUT2D eigenvalue weighted by Crippen LogP contribution is 2.45. The molecule has 0 aliphatic carbocycles. The first-order valence-electron chi connectivity index (χ1n) is 5.57. The minimum atomic E-state index is -0.00335. The minimum absolute atomic E-state index is 0. The fourth-order valence-corrected chi connectivity index (χ4v) is 4.52. The molecule has 1 aliphatic heterocycles. The molecule has 1 heterocycles. The van der Waals surface area contributed by atoms with Gasteiger partial charge < -0.3 is 10.6 Å². The number of carbonyl (C=O) groups excluding carboxylic acids is 1. The average molecular weight is 305 g/mol. The van der Waals surface area contributed by atoms with Gasteiger partial charge in [0.2, 0.25) is 5.91 Å². The van der Waals surface area contributed by atoms with E-state index < -0.39 is 0 Å². The van der Waals surface area contributed by atoms with Gasteiger partial charge >= 0.3 is 0 Å². The molecular formula is C12H17ClN2OS2. The van der Waals surface area contributed by atoms with Crippen LogP contribution in [0.4, 0.5) is 5.69 Å². The van der Waals surface area contributed by atoms with Crippen LogP contribution in [-0.4, -0.2) is 31.0 Å². The summed E-state index contributed by atoms with van der Waals surface area (Å²) in [6.07, 6.45) is 0. The lowest BCUT2D eigenvalue weighted by Crippen LogP contribution is -2.25. The van der Waals surface area contributed by atoms with Crippen molar-refractivity contribution in [2.45, 2.75) is 4.58 Å². The fourth-order valence-electron chi connectivity index (χ4n) is 1.68. The van der Waals surface area contributed by atoms with Crippen LogP contribution in [0.1, 0.15) is 10.1 Å². The molecule has 2 rings (SSSR count). The van der Waals surface area contributed by atoms with E-state index in [0.717, 1.165) is 5.69 Å².